The van der Waals surface area contributed by atoms with Crippen LogP contribution in [0.2, 0.25) is 0 Å². The van der Waals surface area contributed by atoms with E-state index in [2.05, 4.69) is 10.6 Å². The van der Waals surface area contributed by atoms with E-state index in [1.54, 1.807) is 6.07 Å². The van der Waals surface area contributed by atoms with Gasteiger partial charge in [-0.3, -0.25) is 5.32 Å². The first-order chi connectivity index (χ1) is 8.19. The zero-order valence-electron chi connectivity index (χ0n) is 9.62. The molecule has 0 bridgehead atoms. The van der Waals surface area contributed by atoms with Gasteiger partial charge in [-0.05, 0) is 42.5 Å². The van der Waals surface area contributed by atoms with Crippen molar-refractivity contribution in [3.05, 3.63) is 34.9 Å². The van der Waals surface area contributed by atoms with Gasteiger partial charge < -0.3 is 10.4 Å². The number of nitrogens with one attached hydrogen (secondary N) is 2. The maximum absolute atomic E-state index is 10.9. The average Bonchev–Trinajstić information content (AvgIpc) is 2.76. The van der Waals surface area contributed by atoms with Gasteiger partial charge in [0.1, 0.15) is 0 Å². The molecule has 1 atom stereocenters. The molecule has 1 spiro atoms. The summed E-state index contributed by atoms with van der Waals surface area (Å²) >= 11 is 0. The van der Waals surface area contributed by atoms with Crippen molar-refractivity contribution >= 4 is 5.97 Å². The van der Waals surface area contributed by atoms with Crippen molar-refractivity contribution < 1.29 is 9.90 Å². The molecule has 1 unspecified atom stereocenters. The van der Waals surface area contributed by atoms with Gasteiger partial charge in [-0.15, -0.1) is 0 Å². The van der Waals surface area contributed by atoms with Crippen LogP contribution in [0.3, 0.4) is 0 Å². The Bertz CT molecular complexity index is 464. The maximum Gasteiger partial charge on any atom is 0.335 e. The summed E-state index contributed by atoms with van der Waals surface area (Å²) in [6.07, 6.45) is 3.04. The fourth-order valence-corrected chi connectivity index (χ4v) is 2.91. The van der Waals surface area contributed by atoms with Crippen molar-refractivity contribution in [1.29, 1.82) is 0 Å². The zero-order chi connectivity index (χ0) is 11.9. The maximum atomic E-state index is 10.9. The molecular formula is C13H16N2O2. The lowest BCUT2D eigenvalue weighted by molar-refractivity contribution is 0.0696. The van der Waals surface area contributed by atoms with Crippen LogP contribution in [-0.4, -0.2) is 29.8 Å². The molecule has 1 aliphatic carbocycles. The third-order valence-electron chi connectivity index (χ3n) is 3.91. The molecule has 3 N–H and O–H groups in total. The van der Waals surface area contributed by atoms with E-state index < -0.39 is 5.97 Å². The van der Waals surface area contributed by atoms with E-state index in [1.807, 2.05) is 12.1 Å². The third-order valence-corrected chi connectivity index (χ3v) is 3.91. The zero-order valence-corrected chi connectivity index (χ0v) is 9.62. The molecule has 0 amide bonds. The molecule has 1 aliphatic heterocycles. The molecular weight excluding hydrogens is 216 g/mol. The van der Waals surface area contributed by atoms with Gasteiger partial charge in [-0.25, -0.2) is 4.79 Å². The molecule has 3 rings (SSSR count). The monoisotopic (exact) mass is 232 g/mol. The molecule has 2 aliphatic rings. The van der Waals surface area contributed by atoms with Crippen LogP contribution in [0.25, 0.3) is 0 Å². The van der Waals surface area contributed by atoms with Gasteiger partial charge in [0.15, 0.2) is 0 Å². The van der Waals surface area contributed by atoms with Crippen molar-refractivity contribution in [3.63, 3.8) is 0 Å². The average molecular weight is 232 g/mol. The summed E-state index contributed by atoms with van der Waals surface area (Å²) in [5, 5.41) is 15.8. The molecule has 4 heteroatoms. The van der Waals surface area contributed by atoms with E-state index in [0.29, 0.717) is 5.56 Å². The van der Waals surface area contributed by atoms with E-state index in [1.165, 1.54) is 11.1 Å². The Kier molecular flexibility index (Phi) is 2.42. The molecule has 1 saturated heterocycles. The summed E-state index contributed by atoms with van der Waals surface area (Å²) in [4.78, 5) is 10.9. The Morgan fingerprint density at radius 3 is 2.94 bits per heavy atom. The fraction of sp³-hybridized carbons (Fsp3) is 0.462. The number of fused-ring (bicyclic) bond motifs is 1. The van der Waals surface area contributed by atoms with Crippen molar-refractivity contribution in [2.75, 3.05) is 13.2 Å². The first-order valence-electron chi connectivity index (χ1n) is 5.99. The summed E-state index contributed by atoms with van der Waals surface area (Å²) in [6.45, 7) is 1.88. The highest BCUT2D eigenvalue weighted by molar-refractivity contribution is 5.87. The van der Waals surface area contributed by atoms with Gasteiger partial charge >= 0.3 is 5.97 Å². The minimum absolute atomic E-state index is 0.192. The number of carboxylic acid groups (broad SMARTS) is 1. The van der Waals surface area contributed by atoms with Gasteiger partial charge in [-0.1, -0.05) is 6.07 Å². The van der Waals surface area contributed by atoms with E-state index in [9.17, 15) is 4.79 Å². The van der Waals surface area contributed by atoms with Crippen LogP contribution in [0, 0.1) is 0 Å². The number of aromatic carboxylic acids is 1. The molecule has 1 aromatic carbocycles. The number of hydrogen-bond donors (Lipinski definition) is 3. The van der Waals surface area contributed by atoms with Crippen molar-refractivity contribution in [2.24, 2.45) is 0 Å². The SMILES string of the molecule is O=C(O)c1ccc2c(c1)CCC1(CNCN1)C2. The predicted octanol–water partition coefficient (Wildman–Crippen LogP) is 0.763. The fourth-order valence-electron chi connectivity index (χ4n) is 2.91. The van der Waals surface area contributed by atoms with Crippen molar-refractivity contribution in [3.8, 4) is 0 Å². The lowest BCUT2D eigenvalue weighted by atomic mass is 9.78. The van der Waals surface area contributed by atoms with Gasteiger partial charge in [0, 0.05) is 18.8 Å². The highest BCUT2D eigenvalue weighted by atomic mass is 16.4. The second-order valence-corrected chi connectivity index (χ2v) is 5.03. The summed E-state index contributed by atoms with van der Waals surface area (Å²) in [7, 11) is 0. The second kappa shape index (κ2) is 3.82. The van der Waals surface area contributed by atoms with Crippen LogP contribution in [0.1, 0.15) is 27.9 Å². The Balaban J connectivity index is 1.91. The first-order valence-corrected chi connectivity index (χ1v) is 5.99. The van der Waals surface area contributed by atoms with Crippen LogP contribution >= 0.6 is 0 Å². The highest BCUT2D eigenvalue weighted by Gasteiger charge is 2.36. The van der Waals surface area contributed by atoms with Crippen LogP contribution < -0.4 is 10.6 Å². The highest BCUT2D eigenvalue weighted by Crippen LogP contribution is 2.30. The number of rotatable bonds is 1. The number of carboxylic acids is 1. The van der Waals surface area contributed by atoms with E-state index in [-0.39, 0.29) is 5.54 Å². The molecule has 0 radical (unpaired) electrons. The van der Waals surface area contributed by atoms with Crippen LogP contribution in [0.5, 0.6) is 0 Å². The molecule has 17 heavy (non-hydrogen) atoms. The topological polar surface area (TPSA) is 61.4 Å². The molecule has 1 aromatic rings. The molecule has 0 aromatic heterocycles. The van der Waals surface area contributed by atoms with Gasteiger partial charge in [0.25, 0.3) is 0 Å². The Hall–Kier alpha value is -1.39. The van der Waals surface area contributed by atoms with E-state index >= 15 is 0 Å². The Morgan fingerprint density at radius 1 is 1.35 bits per heavy atom. The predicted molar refractivity (Wildman–Crippen MR) is 64.2 cm³/mol. The molecule has 1 fully saturated rings. The normalized spacial score (nSPS) is 27.1. The van der Waals surface area contributed by atoms with E-state index in [0.717, 1.165) is 32.5 Å². The Labute approximate surface area is 100 Å². The number of hydrogen-bond acceptors (Lipinski definition) is 3. The van der Waals surface area contributed by atoms with Gasteiger partial charge in [0.2, 0.25) is 0 Å². The molecule has 1 heterocycles. The number of aryl methyl sites for hydroxylation is 1. The Morgan fingerprint density at radius 2 is 2.24 bits per heavy atom. The largest absolute Gasteiger partial charge is 0.478 e. The first kappa shape index (κ1) is 10.7. The quantitative estimate of drug-likeness (QED) is 0.669. The van der Waals surface area contributed by atoms with Crippen LogP contribution in [0.4, 0.5) is 0 Å². The van der Waals surface area contributed by atoms with Crippen LogP contribution in [-0.2, 0) is 12.8 Å². The molecule has 0 saturated carbocycles. The standard InChI is InChI=1S/C13H16N2O2/c16-12(17)10-1-2-11-6-13(7-14-8-15-13)4-3-9(11)5-10/h1-2,5,14-15H,3-4,6-8H2,(H,16,17). The van der Waals surface area contributed by atoms with Gasteiger partial charge in [-0.2, -0.15) is 0 Å². The summed E-state index contributed by atoms with van der Waals surface area (Å²) < 4.78 is 0. The number of carbonyl (C=O) groups is 1. The molecule has 90 valence electrons. The lowest BCUT2D eigenvalue weighted by Crippen LogP contribution is -2.47. The molecule has 4 nitrogen and oxygen atoms in total. The third kappa shape index (κ3) is 1.83. The lowest BCUT2D eigenvalue weighted by Gasteiger charge is -2.34. The van der Waals surface area contributed by atoms with Gasteiger partial charge in [0.05, 0.1) is 5.56 Å². The van der Waals surface area contributed by atoms with Crippen molar-refractivity contribution in [1.82, 2.24) is 10.6 Å². The number of benzene rings is 1. The van der Waals surface area contributed by atoms with Crippen molar-refractivity contribution in [2.45, 2.75) is 24.8 Å². The summed E-state index contributed by atoms with van der Waals surface area (Å²) in [5.41, 5.74) is 3.08. The van der Waals surface area contributed by atoms with E-state index in [4.69, 9.17) is 5.11 Å². The smallest absolute Gasteiger partial charge is 0.335 e. The second-order valence-electron chi connectivity index (χ2n) is 5.03. The van der Waals surface area contributed by atoms with Crippen LogP contribution in [0.15, 0.2) is 18.2 Å². The summed E-state index contributed by atoms with van der Waals surface area (Å²) in [5.74, 6) is -0.839. The minimum Gasteiger partial charge on any atom is -0.478 e. The minimum atomic E-state index is -0.839. The summed E-state index contributed by atoms with van der Waals surface area (Å²) in [6, 6.07) is 5.51.